The number of aromatic hydroxyl groups is 2. The molecule has 4 aromatic rings. The van der Waals surface area contributed by atoms with Gasteiger partial charge >= 0.3 is 0 Å². The van der Waals surface area contributed by atoms with Crippen LogP contribution in [-0.2, 0) is 9.47 Å². The van der Waals surface area contributed by atoms with E-state index in [0.717, 1.165) is 0 Å². The number of benzene rings is 4. The summed E-state index contributed by atoms with van der Waals surface area (Å²) in [5.41, 5.74) is 0.407. The molecule has 0 spiro atoms. The summed E-state index contributed by atoms with van der Waals surface area (Å²) < 4.78 is 34.0. The smallest absolute Gasteiger partial charge is 0.189 e. The van der Waals surface area contributed by atoms with Crippen molar-refractivity contribution >= 4 is 44.7 Å². The standard InChI is InChI=1S/C28H28Cl2O8/c1-5-35-13-37-21-12-19(24(31)16-8-7-15(29)11-18(16)21)22-25(32)17-9-10-20(30)26(33-3)23(17)28(27(22)34-4)38-14-36-6-2/h7-12,31-32H,5-6,13-14H2,1-4H3. The molecule has 4 rings (SSSR count). The van der Waals surface area contributed by atoms with Gasteiger partial charge in [-0.3, -0.25) is 0 Å². The second-order valence-corrected chi connectivity index (χ2v) is 8.90. The number of halogens is 2. The van der Waals surface area contributed by atoms with Crippen LogP contribution in [0.15, 0.2) is 36.4 Å². The van der Waals surface area contributed by atoms with Gasteiger partial charge < -0.3 is 38.6 Å². The van der Waals surface area contributed by atoms with Crippen molar-refractivity contribution in [3.63, 3.8) is 0 Å². The Morgan fingerprint density at radius 3 is 2.03 bits per heavy atom. The Morgan fingerprint density at radius 2 is 1.37 bits per heavy atom. The molecule has 0 saturated carbocycles. The topological polar surface area (TPSA) is 95.8 Å². The first-order valence-corrected chi connectivity index (χ1v) is 12.6. The largest absolute Gasteiger partial charge is 0.507 e. The lowest BCUT2D eigenvalue weighted by Gasteiger charge is -2.22. The maximum Gasteiger partial charge on any atom is 0.189 e. The first-order valence-electron chi connectivity index (χ1n) is 11.8. The Kier molecular flexibility index (Phi) is 8.79. The fourth-order valence-electron chi connectivity index (χ4n) is 4.26. The minimum Gasteiger partial charge on any atom is -0.507 e. The number of hydrogen-bond donors (Lipinski definition) is 2. The Morgan fingerprint density at radius 1 is 0.711 bits per heavy atom. The molecule has 0 saturated heterocycles. The number of hydrogen-bond acceptors (Lipinski definition) is 8. The number of ether oxygens (including phenoxy) is 6. The lowest BCUT2D eigenvalue weighted by atomic mass is 9.93. The molecule has 0 unspecified atom stereocenters. The molecule has 0 heterocycles. The second-order valence-electron chi connectivity index (χ2n) is 8.06. The molecule has 4 aromatic carbocycles. The van der Waals surface area contributed by atoms with E-state index in [1.54, 1.807) is 36.4 Å². The summed E-state index contributed by atoms with van der Waals surface area (Å²) in [4.78, 5) is 0. The number of phenolic OH excluding ortho intramolecular Hbond substituents is 2. The minimum atomic E-state index is -0.185. The van der Waals surface area contributed by atoms with E-state index in [1.807, 2.05) is 13.8 Å². The van der Waals surface area contributed by atoms with E-state index in [2.05, 4.69) is 0 Å². The van der Waals surface area contributed by atoms with Gasteiger partial charge in [-0.1, -0.05) is 23.2 Å². The molecule has 8 nitrogen and oxygen atoms in total. The summed E-state index contributed by atoms with van der Waals surface area (Å²) in [6.07, 6.45) is 0. The van der Waals surface area contributed by atoms with Crippen molar-refractivity contribution in [1.29, 1.82) is 0 Å². The van der Waals surface area contributed by atoms with E-state index >= 15 is 0 Å². The van der Waals surface area contributed by atoms with Crippen molar-refractivity contribution in [2.45, 2.75) is 13.8 Å². The Hall–Kier alpha value is -3.30. The molecule has 10 heteroatoms. The number of methoxy groups -OCH3 is 2. The predicted octanol–water partition coefficient (Wildman–Crippen LogP) is 7.14. The molecule has 0 aliphatic carbocycles. The van der Waals surface area contributed by atoms with Crippen LogP contribution in [-0.4, -0.2) is 51.2 Å². The normalized spacial score (nSPS) is 11.2. The van der Waals surface area contributed by atoms with Crippen LogP contribution in [0.3, 0.4) is 0 Å². The average molecular weight is 563 g/mol. The summed E-state index contributed by atoms with van der Waals surface area (Å²) in [5.74, 6) is 0.717. The van der Waals surface area contributed by atoms with Gasteiger partial charge in [-0.15, -0.1) is 0 Å². The predicted molar refractivity (Wildman–Crippen MR) is 148 cm³/mol. The molecular formula is C28H28Cl2O8. The highest BCUT2D eigenvalue weighted by Gasteiger charge is 2.29. The van der Waals surface area contributed by atoms with E-state index in [9.17, 15) is 10.2 Å². The van der Waals surface area contributed by atoms with Crippen LogP contribution in [0, 0.1) is 0 Å². The fourth-order valence-corrected chi connectivity index (χ4v) is 4.67. The third-order valence-corrected chi connectivity index (χ3v) is 6.50. The molecule has 0 fully saturated rings. The van der Waals surface area contributed by atoms with E-state index in [-0.39, 0.29) is 53.5 Å². The van der Waals surface area contributed by atoms with Crippen LogP contribution in [0.1, 0.15) is 13.8 Å². The van der Waals surface area contributed by atoms with Crippen molar-refractivity contribution in [1.82, 2.24) is 0 Å². The number of fused-ring (bicyclic) bond motifs is 2. The zero-order valence-electron chi connectivity index (χ0n) is 21.4. The summed E-state index contributed by atoms with van der Waals surface area (Å²) in [5, 5.41) is 25.6. The minimum absolute atomic E-state index is 0.0262. The third kappa shape index (κ3) is 5.05. The van der Waals surface area contributed by atoms with Gasteiger partial charge in [0.15, 0.2) is 25.1 Å². The number of rotatable bonds is 11. The monoisotopic (exact) mass is 562 g/mol. The van der Waals surface area contributed by atoms with Crippen molar-refractivity contribution in [3.05, 3.63) is 46.4 Å². The highest BCUT2D eigenvalue weighted by molar-refractivity contribution is 6.34. The highest BCUT2D eigenvalue weighted by Crippen LogP contribution is 2.56. The van der Waals surface area contributed by atoms with Crippen LogP contribution >= 0.6 is 23.2 Å². The first kappa shape index (κ1) is 27.7. The van der Waals surface area contributed by atoms with Crippen LogP contribution in [0.4, 0.5) is 0 Å². The van der Waals surface area contributed by atoms with Gasteiger partial charge in [0.2, 0.25) is 0 Å². The maximum atomic E-state index is 11.6. The zero-order valence-corrected chi connectivity index (χ0v) is 22.9. The molecule has 0 aromatic heterocycles. The van der Waals surface area contributed by atoms with Crippen LogP contribution in [0.25, 0.3) is 32.7 Å². The first-order chi connectivity index (χ1) is 18.4. The van der Waals surface area contributed by atoms with Crippen molar-refractivity contribution in [2.24, 2.45) is 0 Å². The van der Waals surface area contributed by atoms with Crippen molar-refractivity contribution in [2.75, 3.05) is 41.0 Å². The maximum absolute atomic E-state index is 11.6. The molecular weight excluding hydrogens is 535 g/mol. The van der Waals surface area contributed by atoms with Gasteiger partial charge in [0, 0.05) is 40.0 Å². The van der Waals surface area contributed by atoms with Crippen LogP contribution in [0.5, 0.6) is 34.5 Å². The third-order valence-electron chi connectivity index (χ3n) is 5.96. The Balaban J connectivity index is 2.10. The lowest BCUT2D eigenvalue weighted by molar-refractivity contribution is 0.0218. The summed E-state index contributed by atoms with van der Waals surface area (Å²) >= 11 is 12.7. The van der Waals surface area contributed by atoms with E-state index in [0.29, 0.717) is 50.6 Å². The van der Waals surface area contributed by atoms with Gasteiger partial charge in [-0.05, 0) is 50.2 Å². The van der Waals surface area contributed by atoms with Gasteiger partial charge in [-0.25, -0.2) is 0 Å². The Labute approximate surface area is 230 Å². The zero-order chi connectivity index (χ0) is 27.4. The Bertz CT molecular complexity index is 1470. The molecule has 0 amide bonds. The molecule has 2 N–H and O–H groups in total. The summed E-state index contributed by atoms with van der Waals surface area (Å²) in [6.45, 7) is 4.42. The molecule has 38 heavy (non-hydrogen) atoms. The van der Waals surface area contributed by atoms with Crippen molar-refractivity contribution < 1.29 is 38.6 Å². The SMILES string of the molecule is CCOCOc1cc(-c2c(OC)c(OCOCC)c3c(OC)c(Cl)ccc3c2O)c(O)c2ccc(Cl)cc12. The lowest BCUT2D eigenvalue weighted by Crippen LogP contribution is -2.06. The molecule has 0 radical (unpaired) electrons. The van der Waals surface area contributed by atoms with E-state index in [1.165, 1.54) is 14.2 Å². The molecule has 202 valence electrons. The molecule has 0 aliphatic rings. The quantitative estimate of drug-likeness (QED) is 0.147. The molecule has 0 aliphatic heterocycles. The average Bonchev–Trinajstić information content (AvgIpc) is 2.91. The van der Waals surface area contributed by atoms with Crippen LogP contribution in [0.2, 0.25) is 10.0 Å². The number of phenols is 2. The fraction of sp³-hybridized carbons (Fsp3) is 0.286. The van der Waals surface area contributed by atoms with Gasteiger partial charge in [0.25, 0.3) is 0 Å². The summed E-state index contributed by atoms with van der Waals surface area (Å²) in [7, 11) is 2.89. The van der Waals surface area contributed by atoms with Crippen molar-refractivity contribution in [3.8, 4) is 45.6 Å². The van der Waals surface area contributed by atoms with Crippen LogP contribution < -0.4 is 18.9 Å². The van der Waals surface area contributed by atoms with Gasteiger partial charge in [0.1, 0.15) is 23.0 Å². The second kappa shape index (κ2) is 12.0. The highest BCUT2D eigenvalue weighted by atomic mass is 35.5. The van der Waals surface area contributed by atoms with E-state index < -0.39 is 0 Å². The van der Waals surface area contributed by atoms with Gasteiger partial charge in [0.05, 0.1) is 30.2 Å². The summed E-state index contributed by atoms with van der Waals surface area (Å²) in [6, 6.07) is 9.84. The van der Waals surface area contributed by atoms with E-state index in [4.69, 9.17) is 51.6 Å². The molecule has 0 bridgehead atoms. The van der Waals surface area contributed by atoms with Gasteiger partial charge in [-0.2, -0.15) is 0 Å². The molecule has 0 atom stereocenters.